The summed E-state index contributed by atoms with van der Waals surface area (Å²) in [4.78, 5) is 42.3. The monoisotopic (exact) mass is 1070 g/mol. The number of benzene rings is 2. The summed E-state index contributed by atoms with van der Waals surface area (Å²) in [5, 5.41) is 22.6. The lowest BCUT2D eigenvalue weighted by molar-refractivity contribution is -0.121. The highest BCUT2D eigenvalue weighted by atomic mass is 35.5. The second-order valence-electron chi connectivity index (χ2n) is 18.8. The van der Waals surface area contributed by atoms with Crippen LogP contribution in [0.1, 0.15) is 101 Å². The number of nitrogens with zero attached hydrogens (tertiary/aromatic N) is 12. The lowest BCUT2D eigenvalue weighted by atomic mass is 9.84. The summed E-state index contributed by atoms with van der Waals surface area (Å²) in [6, 6.07) is 8.25. The van der Waals surface area contributed by atoms with Crippen molar-refractivity contribution in [2.24, 2.45) is 16.7 Å². The maximum Gasteiger partial charge on any atom is 0.233 e. The van der Waals surface area contributed by atoms with Crippen molar-refractivity contribution in [3.8, 4) is 0 Å². The Kier molecular flexibility index (Phi) is 21.1. The van der Waals surface area contributed by atoms with Gasteiger partial charge in [0.05, 0.1) is 25.7 Å². The number of aliphatic hydroxyl groups is 1. The largest absolute Gasteiger partial charge is 0.397 e. The average Bonchev–Trinajstić information content (AvgIpc) is 4.24. The Labute approximate surface area is 448 Å². The highest BCUT2D eigenvalue weighted by molar-refractivity contribution is 7.15. The highest BCUT2D eigenvalue weighted by Crippen LogP contribution is 2.42. The van der Waals surface area contributed by atoms with Crippen molar-refractivity contribution < 1.29 is 9.90 Å². The molecule has 74 heavy (non-hydrogen) atoms. The highest BCUT2D eigenvalue weighted by Gasteiger charge is 2.37. The maximum atomic E-state index is 11.7. The summed E-state index contributed by atoms with van der Waals surface area (Å²) in [5.41, 5.74) is 26.5. The summed E-state index contributed by atoms with van der Waals surface area (Å²) >= 11 is 14.8. The molecule has 0 radical (unpaired) electrons. The van der Waals surface area contributed by atoms with E-state index in [4.69, 9.17) is 45.6 Å². The Morgan fingerprint density at radius 1 is 0.784 bits per heavy atom. The fraction of sp³-hybridized carbons (Fsp3) is 0.462. The lowest BCUT2D eigenvalue weighted by Crippen LogP contribution is -2.32. The van der Waals surface area contributed by atoms with Crippen LogP contribution in [0.25, 0.3) is 22.3 Å². The SMILES string of the molecule is C.C=C=C.CCO.CCc1cc(Cl)cc(N2CCC(C)(CCC(=O)NN)C2)c1Cn1cnc2c(N)ncnc21.CCc1cc(Cl)cc(N2CC[C@](C)(CCc3nnc(NC)s3)C2)c1Cn1cnc2c(N)ncnc21. The zero-order chi connectivity index (χ0) is 52.9. The maximum absolute atomic E-state index is 11.7. The van der Waals surface area contributed by atoms with E-state index in [9.17, 15) is 4.79 Å². The third kappa shape index (κ3) is 14.2. The standard InChI is InChI=1S/C24H30ClN9S.C22H29ClN8O.C3H4.C2H6O.CH4/c1-4-15-9-16(25)10-18(17(15)11-34-14-30-20-21(26)28-13-29-22(20)34)33-8-7-24(2,12-33)6-5-19-31-32-23(27-3)35-19;1-3-14-8-15(23)9-17(30-7-6-22(2,11-30)5-4-18(32)29-25)16(14)10-31-13-28-19-20(24)26-12-27-21(19)31;1-3-2;1-2-3;/h9-10,13-14H,4-8,11-12H2,1-3H3,(H,27,32)(H2,26,28,29);8-9,12-13H,3-7,10-11,25H2,1-2H3,(H,29,32)(H2,24,26,27);1-2H2;3H,2H2,1H3;1H4/t24-;;;;/m0..../s1. The first-order valence-electron chi connectivity index (χ1n) is 24.4. The Balaban J connectivity index is 0.000000246. The van der Waals surface area contributed by atoms with Crippen molar-refractivity contribution in [2.75, 3.05) is 66.4 Å². The number of carbonyl (C=O) groups is 1. The van der Waals surface area contributed by atoms with Crippen LogP contribution in [-0.2, 0) is 37.1 Å². The van der Waals surface area contributed by atoms with E-state index in [1.807, 2.05) is 28.3 Å². The number of carbonyl (C=O) groups excluding carboxylic acids is 1. The van der Waals surface area contributed by atoms with E-state index in [-0.39, 0.29) is 30.8 Å². The van der Waals surface area contributed by atoms with Gasteiger partial charge in [0.1, 0.15) is 28.7 Å². The molecule has 1 unspecified atom stereocenters. The van der Waals surface area contributed by atoms with Crippen LogP contribution in [0, 0.1) is 10.8 Å². The van der Waals surface area contributed by atoms with E-state index in [1.54, 1.807) is 30.9 Å². The Morgan fingerprint density at radius 2 is 1.24 bits per heavy atom. The van der Waals surface area contributed by atoms with Crippen molar-refractivity contribution in [1.82, 2.24) is 54.7 Å². The number of nitrogens with one attached hydrogen (secondary N) is 2. The van der Waals surface area contributed by atoms with Gasteiger partial charge in [0.15, 0.2) is 22.9 Å². The number of fused-ring (bicyclic) bond motifs is 2. The molecule has 0 bridgehead atoms. The van der Waals surface area contributed by atoms with Gasteiger partial charge in [-0.2, -0.15) is 0 Å². The van der Waals surface area contributed by atoms with E-state index in [0.717, 1.165) is 103 Å². The van der Waals surface area contributed by atoms with E-state index < -0.39 is 0 Å². The van der Waals surface area contributed by atoms with Crippen molar-refractivity contribution in [1.29, 1.82) is 0 Å². The predicted octanol–water partition coefficient (Wildman–Crippen LogP) is 8.67. The van der Waals surface area contributed by atoms with E-state index in [1.165, 1.54) is 40.6 Å². The van der Waals surface area contributed by atoms with Crippen molar-refractivity contribution in [2.45, 2.75) is 107 Å². The molecule has 9 rings (SSSR count). The van der Waals surface area contributed by atoms with Crippen molar-refractivity contribution in [3.63, 3.8) is 0 Å². The fourth-order valence-corrected chi connectivity index (χ4v) is 10.7. The van der Waals surface area contributed by atoms with Gasteiger partial charge in [0, 0.05) is 74.1 Å². The second-order valence-corrected chi connectivity index (χ2v) is 20.7. The molecule has 2 atom stereocenters. The number of halogens is 2. The smallest absolute Gasteiger partial charge is 0.233 e. The molecule has 22 heteroatoms. The predicted molar refractivity (Wildman–Crippen MR) is 303 cm³/mol. The summed E-state index contributed by atoms with van der Waals surface area (Å²) in [6.45, 7) is 22.0. The third-order valence-corrected chi connectivity index (χ3v) is 14.8. The molecule has 5 aromatic heterocycles. The average molecular weight is 1070 g/mol. The number of aryl methyl sites for hydroxylation is 3. The van der Waals surface area contributed by atoms with Gasteiger partial charge in [0.2, 0.25) is 11.0 Å². The number of anilines is 5. The first-order valence-corrected chi connectivity index (χ1v) is 26.0. The zero-order valence-corrected chi connectivity index (χ0v) is 45.1. The van der Waals surface area contributed by atoms with E-state index >= 15 is 0 Å². The Morgan fingerprint density at radius 3 is 1.66 bits per heavy atom. The molecule has 9 N–H and O–H groups in total. The van der Waals surface area contributed by atoms with Gasteiger partial charge in [-0.3, -0.25) is 10.2 Å². The van der Waals surface area contributed by atoms with Gasteiger partial charge in [-0.15, -0.1) is 15.9 Å². The van der Waals surface area contributed by atoms with Gasteiger partial charge in [0.25, 0.3) is 0 Å². The van der Waals surface area contributed by atoms with Crippen LogP contribution in [0.2, 0.25) is 10.0 Å². The second kappa shape index (κ2) is 26.7. The van der Waals surface area contributed by atoms with Gasteiger partial charge >= 0.3 is 0 Å². The first kappa shape index (κ1) is 58.5. The van der Waals surface area contributed by atoms with E-state index in [2.05, 4.69) is 119 Å². The minimum absolute atomic E-state index is 0. The number of amides is 1. The molecule has 2 fully saturated rings. The molecule has 1 amide bonds. The molecule has 7 aromatic rings. The first-order chi connectivity index (χ1) is 35.0. The molecular weight excluding hydrogens is 998 g/mol. The Bertz CT molecular complexity index is 3010. The van der Waals surface area contributed by atoms with Crippen molar-refractivity contribution in [3.05, 3.63) is 106 Å². The number of imidazole rings is 2. The fourth-order valence-electron chi connectivity index (χ4n) is 9.50. The summed E-state index contributed by atoms with van der Waals surface area (Å²) in [7, 11) is 1.88. The zero-order valence-electron chi connectivity index (χ0n) is 42.8. The topological polar surface area (TPSA) is 259 Å². The van der Waals surface area contributed by atoms with Crippen LogP contribution < -0.4 is 37.9 Å². The number of aliphatic hydroxyl groups excluding tert-OH is 1. The quantitative estimate of drug-likeness (QED) is 0.0243. The van der Waals surface area contributed by atoms with Gasteiger partial charge in [-0.25, -0.2) is 35.7 Å². The van der Waals surface area contributed by atoms with Crippen LogP contribution in [0.15, 0.2) is 68.5 Å². The summed E-state index contributed by atoms with van der Waals surface area (Å²) in [5.74, 6) is 5.89. The van der Waals surface area contributed by atoms with Crippen LogP contribution in [0.3, 0.4) is 0 Å². The van der Waals surface area contributed by atoms with Crippen LogP contribution in [0.5, 0.6) is 0 Å². The molecule has 2 aromatic carbocycles. The van der Waals surface area contributed by atoms with Crippen molar-refractivity contribution >= 4 is 90.9 Å². The molecule has 2 aliphatic rings. The number of nitrogens with two attached hydrogens (primary N) is 3. The minimum Gasteiger partial charge on any atom is -0.397 e. The number of nitrogen functional groups attached to an aromatic ring is 2. The molecule has 2 saturated heterocycles. The molecule has 7 heterocycles. The Hall–Kier alpha value is -6.41. The summed E-state index contributed by atoms with van der Waals surface area (Å²) < 4.78 is 4.05. The normalized spacial score (nSPS) is 16.8. The van der Waals surface area contributed by atoms with Crippen LogP contribution >= 0.6 is 34.5 Å². The van der Waals surface area contributed by atoms with Crippen LogP contribution in [-0.4, -0.2) is 100 Å². The number of hydrazine groups is 1. The molecule has 19 nitrogen and oxygen atoms in total. The molecule has 0 aliphatic carbocycles. The third-order valence-electron chi connectivity index (χ3n) is 13.4. The number of hydrogen-bond donors (Lipinski definition) is 6. The number of aromatic nitrogens is 10. The molecule has 0 spiro atoms. The number of rotatable bonds is 15. The van der Waals surface area contributed by atoms with Gasteiger partial charge in [-0.05, 0) is 103 Å². The van der Waals surface area contributed by atoms with Crippen LogP contribution in [0.4, 0.5) is 28.1 Å². The van der Waals surface area contributed by atoms with Gasteiger partial charge < -0.3 is 40.8 Å². The van der Waals surface area contributed by atoms with Gasteiger partial charge in [-0.1, -0.05) is 82.8 Å². The minimum atomic E-state index is -0.130. The lowest BCUT2D eigenvalue weighted by Gasteiger charge is -2.28. The van der Waals surface area contributed by atoms with E-state index in [0.29, 0.717) is 47.8 Å². The summed E-state index contributed by atoms with van der Waals surface area (Å²) in [6.07, 6.45) is 13.6. The number of hydrogen-bond acceptors (Lipinski definition) is 17. The molecule has 0 saturated carbocycles. The molecule has 398 valence electrons. The molecular formula is C52H73Cl2N17O2S. The molecule has 2 aliphatic heterocycles.